The molecule has 0 fully saturated rings. The maximum atomic E-state index is 12.2. The number of alkyl halides is 6. The number of hydrogen-bond donors (Lipinski definition) is 2. The minimum atomic E-state index is -5.65. The van der Waals surface area contributed by atoms with Crippen molar-refractivity contribution in [2.45, 2.75) is 32.1 Å². The highest BCUT2D eigenvalue weighted by atomic mass is 19.4. The van der Waals surface area contributed by atoms with Crippen LogP contribution in [0.25, 0.3) is 0 Å². The van der Waals surface area contributed by atoms with E-state index < -0.39 is 24.2 Å². The third-order valence-electron chi connectivity index (χ3n) is 2.63. The lowest BCUT2D eigenvalue weighted by atomic mass is 10.0. The van der Waals surface area contributed by atoms with Crippen molar-refractivity contribution in [1.82, 2.24) is 5.32 Å². The van der Waals surface area contributed by atoms with Crippen molar-refractivity contribution in [2.24, 2.45) is 17.6 Å². The minimum absolute atomic E-state index is 0.240. The van der Waals surface area contributed by atoms with Gasteiger partial charge in [0.25, 0.3) is 0 Å². The molecule has 0 bridgehead atoms. The predicted molar refractivity (Wildman–Crippen MR) is 56.1 cm³/mol. The molecule has 3 nitrogen and oxygen atoms in total. The summed E-state index contributed by atoms with van der Waals surface area (Å²) in [6.45, 7) is 1.70. The van der Waals surface area contributed by atoms with E-state index in [1.807, 2.05) is 0 Å². The van der Waals surface area contributed by atoms with Crippen molar-refractivity contribution in [2.75, 3.05) is 13.1 Å². The number of nitrogens with one attached hydrogen (secondary N) is 1. The van der Waals surface area contributed by atoms with E-state index in [9.17, 15) is 31.1 Å². The van der Waals surface area contributed by atoms with Gasteiger partial charge in [-0.3, -0.25) is 4.79 Å². The molecule has 114 valence electrons. The highest BCUT2D eigenvalue weighted by Crippen LogP contribution is 2.39. The van der Waals surface area contributed by atoms with Crippen molar-refractivity contribution < 1.29 is 31.1 Å². The molecule has 0 aromatic carbocycles. The molecule has 0 aliphatic carbocycles. The average molecular weight is 294 g/mol. The van der Waals surface area contributed by atoms with Gasteiger partial charge in [-0.2, -0.15) is 26.3 Å². The summed E-state index contributed by atoms with van der Waals surface area (Å²) < 4.78 is 73.3. The number of carbonyl (C=O) groups excluding carboxylic acids is 1. The van der Waals surface area contributed by atoms with Gasteiger partial charge < -0.3 is 11.1 Å². The standard InChI is InChI=1S/C10H16F6N2O/c1-2-6(3-4-17)5-18-8(19)7(9(11,12)13)10(14,15)16/h6-7H,2-5,17H2,1H3,(H,18,19). The molecule has 9 heteroatoms. The summed E-state index contributed by atoms with van der Waals surface area (Å²) in [6, 6.07) is 0. The second-order valence-corrected chi connectivity index (χ2v) is 4.11. The monoisotopic (exact) mass is 294 g/mol. The number of rotatable bonds is 6. The fourth-order valence-corrected chi connectivity index (χ4v) is 1.52. The van der Waals surface area contributed by atoms with Gasteiger partial charge in [-0.1, -0.05) is 13.3 Å². The fourth-order valence-electron chi connectivity index (χ4n) is 1.52. The molecule has 1 atom stereocenters. The van der Waals surface area contributed by atoms with E-state index in [0.29, 0.717) is 12.8 Å². The maximum absolute atomic E-state index is 12.2. The molecule has 19 heavy (non-hydrogen) atoms. The Morgan fingerprint density at radius 3 is 1.95 bits per heavy atom. The molecule has 0 saturated carbocycles. The second kappa shape index (κ2) is 6.97. The van der Waals surface area contributed by atoms with Gasteiger partial charge in [0.15, 0.2) is 0 Å². The van der Waals surface area contributed by atoms with Crippen LogP contribution >= 0.6 is 0 Å². The summed E-state index contributed by atoms with van der Waals surface area (Å²) in [5, 5.41) is 1.70. The molecule has 0 aliphatic rings. The van der Waals surface area contributed by atoms with Crippen LogP contribution in [0.3, 0.4) is 0 Å². The van der Waals surface area contributed by atoms with E-state index >= 15 is 0 Å². The molecule has 0 radical (unpaired) electrons. The average Bonchev–Trinajstić information content (AvgIpc) is 2.19. The van der Waals surface area contributed by atoms with Gasteiger partial charge >= 0.3 is 12.4 Å². The van der Waals surface area contributed by atoms with Crippen molar-refractivity contribution >= 4 is 5.91 Å². The van der Waals surface area contributed by atoms with E-state index in [-0.39, 0.29) is 19.0 Å². The van der Waals surface area contributed by atoms with Crippen LogP contribution in [-0.2, 0) is 4.79 Å². The molecule has 0 saturated heterocycles. The number of nitrogens with two attached hydrogens (primary N) is 1. The summed E-state index contributed by atoms with van der Waals surface area (Å²) in [5.74, 6) is -6.30. The Bertz CT molecular complexity index is 275. The first-order valence-electron chi connectivity index (χ1n) is 5.65. The maximum Gasteiger partial charge on any atom is 0.409 e. The minimum Gasteiger partial charge on any atom is -0.355 e. The zero-order valence-corrected chi connectivity index (χ0v) is 10.2. The van der Waals surface area contributed by atoms with Crippen LogP contribution in [-0.4, -0.2) is 31.3 Å². The molecular formula is C10H16F6N2O. The van der Waals surface area contributed by atoms with Crippen LogP contribution in [0.2, 0.25) is 0 Å². The smallest absolute Gasteiger partial charge is 0.355 e. The first-order chi connectivity index (χ1) is 8.54. The quantitative estimate of drug-likeness (QED) is 0.738. The Morgan fingerprint density at radius 1 is 1.16 bits per heavy atom. The summed E-state index contributed by atoms with van der Waals surface area (Å²) in [5.41, 5.74) is 5.24. The van der Waals surface area contributed by atoms with Gasteiger partial charge in [0.1, 0.15) is 0 Å². The van der Waals surface area contributed by atoms with Crippen molar-refractivity contribution in [1.29, 1.82) is 0 Å². The number of halogens is 6. The zero-order valence-electron chi connectivity index (χ0n) is 10.2. The lowest BCUT2D eigenvalue weighted by Gasteiger charge is -2.23. The Hall–Kier alpha value is -0.990. The Balaban J connectivity index is 4.68. The van der Waals surface area contributed by atoms with E-state index in [1.165, 1.54) is 0 Å². The number of amides is 1. The summed E-state index contributed by atoms with van der Waals surface area (Å²) in [6.07, 6.45) is -10.4. The van der Waals surface area contributed by atoms with Gasteiger partial charge in [-0.25, -0.2) is 0 Å². The van der Waals surface area contributed by atoms with Crippen molar-refractivity contribution in [3.05, 3.63) is 0 Å². The molecule has 0 heterocycles. The first-order valence-corrected chi connectivity index (χ1v) is 5.65. The molecule has 1 unspecified atom stereocenters. The highest BCUT2D eigenvalue weighted by molar-refractivity contribution is 5.80. The molecule has 0 aromatic rings. The van der Waals surface area contributed by atoms with E-state index in [0.717, 1.165) is 0 Å². The Morgan fingerprint density at radius 2 is 1.63 bits per heavy atom. The lowest BCUT2D eigenvalue weighted by molar-refractivity contribution is -0.274. The molecule has 0 aromatic heterocycles. The largest absolute Gasteiger partial charge is 0.409 e. The highest BCUT2D eigenvalue weighted by Gasteiger charge is 2.61. The van der Waals surface area contributed by atoms with Gasteiger partial charge in [-0.05, 0) is 18.9 Å². The van der Waals surface area contributed by atoms with E-state index in [1.54, 1.807) is 12.2 Å². The zero-order chi connectivity index (χ0) is 15.3. The summed E-state index contributed by atoms with van der Waals surface area (Å²) >= 11 is 0. The molecule has 0 spiro atoms. The molecule has 3 N–H and O–H groups in total. The van der Waals surface area contributed by atoms with Crippen LogP contribution in [0.4, 0.5) is 26.3 Å². The van der Waals surface area contributed by atoms with Gasteiger partial charge in [0.2, 0.25) is 11.8 Å². The van der Waals surface area contributed by atoms with Crippen LogP contribution in [0, 0.1) is 11.8 Å². The Kier molecular flexibility index (Phi) is 6.61. The molecular weight excluding hydrogens is 278 g/mol. The van der Waals surface area contributed by atoms with E-state index in [4.69, 9.17) is 5.73 Å². The van der Waals surface area contributed by atoms with Crippen LogP contribution in [0.1, 0.15) is 19.8 Å². The lowest BCUT2D eigenvalue weighted by Crippen LogP contribution is -2.48. The summed E-state index contributed by atoms with van der Waals surface area (Å²) in [7, 11) is 0. The molecule has 1 amide bonds. The SMILES string of the molecule is CCC(CCN)CNC(=O)C(C(F)(F)F)C(F)(F)F. The second-order valence-electron chi connectivity index (χ2n) is 4.11. The third-order valence-corrected chi connectivity index (χ3v) is 2.63. The predicted octanol–water partition coefficient (Wildman–Crippen LogP) is 2.22. The van der Waals surface area contributed by atoms with Gasteiger partial charge in [-0.15, -0.1) is 0 Å². The third kappa shape index (κ3) is 6.13. The van der Waals surface area contributed by atoms with Crippen LogP contribution in [0.15, 0.2) is 0 Å². The van der Waals surface area contributed by atoms with Gasteiger partial charge in [0, 0.05) is 6.54 Å². The molecule has 0 aliphatic heterocycles. The normalized spacial score (nSPS) is 14.6. The molecule has 0 rings (SSSR count). The fraction of sp³-hybridized carbons (Fsp3) is 0.900. The van der Waals surface area contributed by atoms with Crippen LogP contribution in [0.5, 0.6) is 0 Å². The number of carbonyl (C=O) groups is 1. The van der Waals surface area contributed by atoms with E-state index in [2.05, 4.69) is 0 Å². The van der Waals surface area contributed by atoms with Crippen molar-refractivity contribution in [3.8, 4) is 0 Å². The van der Waals surface area contributed by atoms with Gasteiger partial charge in [0.05, 0.1) is 0 Å². The Labute approximate surface area is 106 Å². The van der Waals surface area contributed by atoms with Crippen molar-refractivity contribution in [3.63, 3.8) is 0 Å². The first kappa shape index (κ1) is 18.0. The number of hydrogen-bond acceptors (Lipinski definition) is 2. The van der Waals surface area contributed by atoms with Crippen LogP contribution < -0.4 is 11.1 Å². The summed E-state index contributed by atoms with van der Waals surface area (Å²) in [4.78, 5) is 11.1. The topological polar surface area (TPSA) is 55.1 Å².